The van der Waals surface area contributed by atoms with Crippen molar-refractivity contribution in [2.75, 3.05) is 17.8 Å². The van der Waals surface area contributed by atoms with E-state index in [0.29, 0.717) is 24.0 Å². The second kappa shape index (κ2) is 9.38. The molecule has 0 radical (unpaired) electrons. The van der Waals surface area contributed by atoms with E-state index in [0.717, 1.165) is 29.9 Å². The minimum atomic E-state index is -3.72. The Bertz CT molecular complexity index is 1450. The van der Waals surface area contributed by atoms with E-state index >= 15 is 0 Å². The zero-order valence-electron chi connectivity index (χ0n) is 19.0. The predicted octanol–water partition coefficient (Wildman–Crippen LogP) is 4.65. The molecule has 1 fully saturated rings. The maximum absolute atomic E-state index is 14.0. The third-order valence-corrected chi connectivity index (χ3v) is 8.60. The molecule has 1 aliphatic rings. The highest BCUT2D eigenvalue weighted by Gasteiger charge is 2.28. The van der Waals surface area contributed by atoms with E-state index in [-0.39, 0.29) is 29.1 Å². The maximum atomic E-state index is 14.0. The monoisotopic (exact) mass is 515 g/mol. The molecule has 35 heavy (non-hydrogen) atoms. The van der Waals surface area contributed by atoms with Crippen molar-refractivity contribution in [3.05, 3.63) is 72.4 Å². The molecule has 0 unspecified atom stereocenters. The van der Waals surface area contributed by atoms with Gasteiger partial charge in [0.2, 0.25) is 11.0 Å². The van der Waals surface area contributed by atoms with Gasteiger partial charge in [0.05, 0.1) is 10.4 Å². The summed E-state index contributed by atoms with van der Waals surface area (Å²) in [6.45, 7) is 3.06. The number of piperidine rings is 1. The summed E-state index contributed by atoms with van der Waals surface area (Å²) < 4.78 is 47.1. The standard InChI is InChI=1S/C24H24FN5O3S2.H2/c1-16(30-14-11-20-21(25)3-2-4-22(20)30)23(31)29-12-9-18(10-13-29)17-5-7-19(8-6-17)35(32,33)28-24-26-15-27-34-24;/h2-8,11,14-16,18H,9-10,12-13H2,1H3,(H,26,27,28);1H/t16-;/m0./s1. The van der Waals surface area contributed by atoms with Gasteiger partial charge >= 0.3 is 0 Å². The van der Waals surface area contributed by atoms with Crippen LogP contribution in [0.25, 0.3) is 10.9 Å². The minimum absolute atomic E-state index is 0. The molecule has 2 aromatic carbocycles. The Hall–Kier alpha value is -3.31. The quantitative estimate of drug-likeness (QED) is 0.403. The highest BCUT2D eigenvalue weighted by molar-refractivity contribution is 7.93. The number of carbonyl (C=O) groups excluding carboxylic acids is 1. The third-order valence-electron chi connectivity index (χ3n) is 6.54. The minimum Gasteiger partial charge on any atom is -0.341 e. The third kappa shape index (κ3) is 4.65. The zero-order chi connectivity index (χ0) is 24.6. The van der Waals surface area contributed by atoms with E-state index in [1.165, 1.54) is 12.4 Å². The van der Waals surface area contributed by atoms with Crippen LogP contribution in [0, 0.1) is 5.82 Å². The average molecular weight is 516 g/mol. The van der Waals surface area contributed by atoms with Crippen molar-refractivity contribution in [2.24, 2.45) is 0 Å². The van der Waals surface area contributed by atoms with Crippen molar-refractivity contribution in [1.82, 2.24) is 18.8 Å². The first kappa shape index (κ1) is 23.4. The molecule has 1 aliphatic heterocycles. The fraction of sp³-hybridized carbons (Fsp3) is 0.292. The van der Waals surface area contributed by atoms with Crippen molar-refractivity contribution in [3.8, 4) is 0 Å². The lowest BCUT2D eigenvalue weighted by atomic mass is 9.89. The number of hydrogen-bond acceptors (Lipinski definition) is 6. The Balaban J connectivity index is 0.00000304. The molecule has 1 atom stereocenters. The molecule has 11 heteroatoms. The number of nitrogens with one attached hydrogen (secondary N) is 1. The van der Waals surface area contributed by atoms with Gasteiger partial charge in [0.1, 0.15) is 18.2 Å². The Morgan fingerprint density at radius 1 is 1.17 bits per heavy atom. The fourth-order valence-corrected chi connectivity index (χ4v) is 6.28. The smallest absolute Gasteiger partial charge is 0.263 e. The lowest BCUT2D eigenvalue weighted by Gasteiger charge is -2.34. The van der Waals surface area contributed by atoms with Gasteiger partial charge in [-0.25, -0.2) is 17.8 Å². The average Bonchev–Trinajstić information content (AvgIpc) is 3.54. The Labute approximate surface area is 208 Å². The first-order valence-corrected chi connectivity index (χ1v) is 13.5. The summed E-state index contributed by atoms with van der Waals surface area (Å²) >= 11 is 0.973. The van der Waals surface area contributed by atoms with Crippen LogP contribution >= 0.6 is 11.5 Å². The zero-order valence-corrected chi connectivity index (χ0v) is 20.6. The molecule has 0 spiro atoms. The van der Waals surface area contributed by atoms with Crippen LogP contribution in [0.2, 0.25) is 0 Å². The normalized spacial score (nSPS) is 15.9. The summed E-state index contributed by atoms with van der Waals surface area (Å²) in [4.78, 5) is 19.1. The number of sulfonamides is 1. The van der Waals surface area contributed by atoms with E-state index in [1.54, 1.807) is 30.5 Å². The summed E-state index contributed by atoms with van der Waals surface area (Å²) in [6.07, 6.45) is 4.63. The van der Waals surface area contributed by atoms with E-state index in [4.69, 9.17) is 0 Å². The Morgan fingerprint density at radius 3 is 2.60 bits per heavy atom. The molecule has 1 saturated heterocycles. The lowest BCUT2D eigenvalue weighted by Crippen LogP contribution is -2.41. The number of halogens is 1. The van der Waals surface area contributed by atoms with Gasteiger partial charge in [-0.2, -0.15) is 4.37 Å². The number of nitrogens with zero attached hydrogens (tertiary/aromatic N) is 4. The number of carbonyl (C=O) groups is 1. The number of aromatic nitrogens is 3. The van der Waals surface area contributed by atoms with Crippen LogP contribution in [0.4, 0.5) is 9.52 Å². The molecule has 3 heterocycles. The Morgan fingerprint density at radius 2 is 1.91 bits per heavy atom. The summed E-state index contributed by atoms with van der Waals surface area (Å²) in [5.41, 5.74) is 1.75. The van der Waals surface area contributed by atoms with E-state index in [2.05, 4.69) is 14.1 Å². The van der Waals surface area contributed by atoms with Crippen molar-refractivity contribution >= 4 is 43.5 Å². The van der Waals surface area contributed by atoms with Crippen LogP contribution in [0.1, 0.15) is 38.7 Å². The number of anilines is 1. The van der Waals surface area contributed by atoms with Gasteiger partial charge in [-0.3, -0.25) is 9.52 Å². The maximum Gasteiger partial charge on any atom is 0.263 e. The fourth-order valence-electron chi connectivity index (χ4n) is 4.62. The summed E-state index contributed by atoms with van der Waals surface area (Å²) in [5.74, 6) is -0.0466. The molecular weight excluding hydrogens is 489 g/mol. The van der Waals surface area contributed by atoms with E-state index < -0.39 is 16.1 Å². The summed E-state index contributed by atoms with van der Waals surface area (Å²) in [5, 5.41) is 0.730. The molecule has 0 saturated carbocycles. The summed E-state index contributed by atoms with van der Waals surface area (Å²) in [7, 11) is -3.72. The molecule has 5 rings (SSSR count). The van der Waals surface area contributed by atoms with E-state index in [1.807, 2.05) is 34.6 Å². The predicted molar refractivity (Wildman–Crippen MR) is 134 cm³/mol. The van der Waals surface area contributed by atoms with Gasteiger partial charge in [0.15, 0.2) is 0 Å². The molecular formula is C24H26FN5O3S2. The van der Waals surface area contributed by atoms with Crippen molar-refractivity contribution < 1.29 is 19.0 Å². The second-order valence-electron chi connectivity index (χ2n) is 8.59. The SMILES string of the molecule is C[C@@H](C(=O)N1CCC(c2ccc(S(=O)(=O)Nc3ncns3)cc2)CC1)n1ccc2c(F)cccc21.[HH]. The number of likely N-dealkylation sites (tertiary alicyclic amines) is 1. The van der Waals surface area contributed by atoms with Gasteiger partial charge in [-0.15, -0.1) is 0 Å². The number of fused-ring (bicyclic) bond motifs is 1. The molecule has 4 aromatic rings. The highest BCUT2D eigenvalue weighted by Crippen LogP contribution is 2.31. The number of hydrogen-bond donors (Lipinski definition) is 1. The van der Waals surface area contributed by atoms with Crippen LogP contribution in [-0.4, -0.2) is 46.2 Å². The van der Waals surface area contributed by atoms with Crippen molar-refractivity contribution in [3.63, 3.8) is 0 Å². The molecule has 0 bridgehead atoms. The molecule has 8 nitrogen and oxygen atoms in total. The van der Waals surface area contributed by atoms with Crippen LogP contribution in [0.5, 0.6) is 0 Å². The van der Waals surface area contributed by atoms with Crippen molar-refractivity contribution in [1.29, 1.82) is 0 Å². The van der Waals surface area contributed by atoms with Gasteiger partial charge in [0, 0.05) is 37.6 Å². The Kier molecular flexibility index (Phi) is 6.28. The van der Waals surface area contributed by atoms with Crippen LogP contribution in [-0.2, 0) is 14.8 Å². The first-order valence-electron chi connectivity index (χ1n) is 11.3. The number of rotatable bonds is 6. The molecule has 184 valence electrons. The molecule has 0 aliphatic carbocycles. The van der Waals surface area contributed by atoms with Crippen molar-refractivity contribution in [2.45, 2.75) is 36.6 Å². The lowest BCUT2D eigenvalue weighted by molar-refractivity contribution is -0.135. The largest absolute Gasteiger partial charge is 0.341 e. The van der Waals surface area contributed by atoms with Gasteiger partial charge < -0.3 is 9.47 Å². The molecule has 2 aromatic heterocycles. The second-order valence-corrected chi connectivity index (χ2v) is 11.1. The van der Waals surface area contributed by atoms with Crippen LogP contribution in [0.15, 0.2) is 66.0 Å². The highest BCUT2D eigenvalue weighted by atomic mass is 32.2. The van der Waals surface area contributed by atoms with Gasteiger partial charge in [-0.05, 0) is 61.6 Å². The molecule has 1 amide bonds. The van der Waals surface area contributed by atoms with Crippen LogP contribution in [0.3, 0.4) is 0 Å². The van der Waals surface area contributed by atoms with Gasteiger partial charge in [0.25, 0.3) is 10.0 Å². The summed E-state index contributed by atoms with van der Waals surface area (Å²) in [6, 6.07) is 13.0. The van der Waals surface area contributed by atoms with E-state index in [9.17, 15) is 17.6 Å². The topological polar surface area (TPSA) is 97.2 Å². The number of amides is 1. The number of benzene rings is 2. The van der Waals surface area contributed by atoms with Crippen LogP contribution < -0.4 is 4.72 Å². The molecule has 1 N–H and O–H groups in total. The first-order chi connectivity index (χ1) is 16.8. The van der Waals surface area contributed by atoms with Gasteiger partial charge in [-0.1, -0.05) is 18.2 Å².